The standard InChI is InChI=1S/C12H18OS/c1-9-7-8-14-10(9)5-6-11(13)12(2,3)4/h7-8H,5-6H2,1-4H3. The van der Waals surface area contributed by atoms with E-state index in [1.807, 2.05) is 20.8 Å². The highest BCUT2D eigenvalue weighted by atomic mass is 32.1. The molecule has 1 rings (SSSR count). The van der Waals surface area contributed by atoms with E-state index in [4.69, 9.17) is 0 Å². The zero-order valence-corrected chi connectivity index (χ0v) is 10.2. The minimum atomic E-state index is -0.189. The Balaban J connectivity index is 2.50. The highest BCUT2D eigenvalue weighted by Crippen LogP contribution is 2.21. The van der Waals surface area contributed by atoms with Gasteiger partial charge >= 0.3 is 0 Å². The minimum Gasteiger partial charge on any atom is -0.299 e. The van der Waals surface area contributed by atoms with Crippen LogP contribution in [0.25, 0.3) is 0 Å². The molecule has 1 aromatic heterocycles. The second kappa shape index (κ2) is 4.26. The fourth-order valence-corrected chi connectivity index (χ4v) is 2.17. The third-order valence-electron chi connectivity index (χ3n) is 2.38. The van der Waals surface area contributed by atoms with Crippen molar-refractivity contribution < 1.29 is 4.79 Å². The molecular formula is C12H18OS. The molecule has 1 aromatic rings. The van der Waals surface area contributed by atoms with Crippen LogP contribution in [0.2, 0.25) is 0 Å². The minimum absolute atomic E-state index is 0.189. The van der Waals surface area contributed by atoms with Crippen molar-refractivity contribution in [1.82, 2.24) is 0 Å². The van der Waals surface area contributed by atoms with E-state index in [9.17, 15) is 4.79 Å². The first-order valence-electron chi connectivity index (χ1n) is 4.97. The molecule has 14 heavy (non-hydrogen) atoms. The third kappa shape index (κ3) is 2.95. The molecule has 0 aromatic carbocycles. The Morgan fingerprint density at radius 3 is 2.50 bits per heavy atom. The Kier molecular flexibility index (Phi) is 3.48. The van der Waals surface area contributed by atoms with Crippen LogP contribution in [-0.2, 0) is 11.2 Å². The Labute approximate surface area is 90.2 Å². The predicted molar refractivity (Wildman–Crippen MR) is 61.8 cm³/mol. The molecule has 0 saturated heterocycles. The van der Waals surface area contributed by atoms with Crippen LogP contribution < -0.4 is 0 Å². The Hall–Kier alpha value is -0.630. The molecule has 0 amide bonds. The first kappa shape index (κ1) is 11.4. The van der Waals surface area contributed by atoms with Gasteiger partial charge in [0, 0.05) is 16.7 Å². The number of hydrogen-bond acceptors (Lipinski definition) is 2. The van der Waals surface area contributed by atoms with Gasteiger partial charge in [-0.1, -0.05) is 20.8 Å². The molecule has 78 valence electrons. The summed E-state index contributed by atoms with van der Waals surface area (Å²) in [7, 11) is 0. The average Bonchev–Trinajstić information content (AvgIpc) is 2.45. The van der Waals surface area contributed by atoms with Gasteiger partial charge < -0.3 is 0 Å². The van der Waals surface area contributed by atoms with Crippen molar-refractivity contribution in [3.8, 4) is 0 Å². The predicted octanol–water partition coefficient (Wildman–Crippen LogP) is 3.60. The highest BCUT2D eigenvalue weighted by Gasteiger charge is 2.20. The molecule has 2 heteroatoms. The van der Waals surface area contributed by atoms with E-state index in [0.717, 1.165) is 6.42 Å². The lowest BCUT2D eigenvalue weighted by Gasteiger charge is -2.15. The van der Waals surface area contributed by atoms with Gasteiger partial charge in [-0.2, -0.15) is 0 Å². The van der Waals surface area contributed by atoms with E-state index in [1.165, 1.54) is 10.4 Å². The van der Waals surface area contributed by atoms with Gasteiger partial charge in [0.2, 0.25) is 0 Å². The summed E-state index contributed by atoms with van der Waals surface area (Å²) >= 11 is 1.75. The van der Waals surface area contributed by atoms with E-state index < -0.39 is 0 Å². The summed E-state index contributed by atoms with van der Waals surface area (Å²) in [5.41, 5.74) is 1.13. The lowest BCUT2D eigenvalue weighted by molar-refractivity contribution is -0.126. The van der Waals surface area contributed by atoms with Crippen molar-refractivity contribution in [3.63, 3.8) is 0 Å². The molecule has 0 atom stereocenters. The van der Waals surface area contributed by atoms with Crippen LogP contribution in [0, 0.1) is 12.3 Å². The molecule has 0 unspecified atom stereocenters. The fraction of sp³-hybridized carbons (Fsp3) is 0.583. The number of rotatable bonds is 3. The van der Waals surface area contributed by atoms with Crippen LogP contribution in [0.15, 0.2) is 11.4 Å². The van der Waals surface area contributed by atoms with Crippen LogP contribution in [0.4, 0.5) is 0 Å². The van der Waals surface area contributed by atoms with Crippen LogP contribution in [-0.4, -0.2) is 5.78 Å². The van der Waals surface area contributed by atoms with Crippen LogP contribution in [0.3, 0.4) is 0 Å². The molecular weight excluding hydrogens is 192 g/mol. The molecule has 0 aliphatic rings. The summed E-state index contributed by atoms with van der Waals surface area (Å²) in [6.45, 7) is 8.05. The van der Waals surface area contributed by atoms with Crippen molar-refractivity contribution in [2.45, 2.75) is 40.5 Å². The van der Waals surface area contributed by atoms with Crippen LogP contribution >= 0.6 is 11.3 Å². The van der Waals surface area contributed by atoms with Crippen molar-refractivity contribution in [2.24, 2.45) is 5.41 Å². The van der Waals surface area contributed by atoms with Gasteiger partial charge in [-0.05, 0) is 30.4 Å². The summed E-state index contributed by atoms with van der Waals surface area (Å²) in [5.74, 6) is 0.352. The van der Waals surface area contributed by atoms with E-state index in [1.54, 1.807) is 11.3 Å². The molecule has 0 radical (unpaired) electrons. The molecule has 1 nitrogen and oxygen atoms in total. The van der Waals surface area contributed by atoms with E-state index >= 15 is 0 Å². The number of ketones is 1. The summed E-state index contributed by atoms with van der Waals surface area (Å²) in [4.78, 5) is 13.0. The number of carbonyl (C=O) groups excluding carboxylic acids is 1. The monoisotopic (exact) mass is 210 g/mol. The maximum absolute atomic E-state index is 11.7. The fourth-order valence-electron chi connectivity index (χ4n) is 1.26. The van der Waals surface area contributed by atoms with E-state index in [-0.39, 0.29) is 5.41 Å². The quantitative estimate of drug-likeness (QED) is 0.745. The van der Waals surface area contributed by atoms with Gasteiger partial charge in [-0.25, -0.2) is 0 Å². The Morgan fingerprint density at radius 1 is 1.43 bits per heavy atom. The zero-order valence-electron chi connectivity index (χ0n) is 9.39. The first-order chi connectivity index (χ1) is 6.41. The Morgan fingerprint density at radius 2 is 2.07 bits per heavy atom. The first-order valence-corrected chi connectivity index (χ1v) is 5.85. The smallest absolute Gasteiger partial charge is 0.138 e. The van der Waals surface area contributed by atoms with Crippen molar-refractivity contribution in [1.29, 1.82) is 0 Å². The zero-order chi connectivity index (χ0) is 10.8. The normalized spacial score (nSPS) is 11.7. The number of Topliss-reactive ketones (excluding diaryl/α,β-unsaturated/α-hetero) is 1. The Bertz CT molecular complexity index is 317. The van der Waals surface area contributed by atoms with Gasteiger partial charge in [0.05, 0.1) is 0 Å². The maximum atomic E-state index is 11.7. The lowest BCUT2D eigenvalue weighted by atomic mass is 9.88. The average molecular weight is 210 g/mol. The summed E-state index contributed by atoms with van der Waals surface area (Å²) in [6.07, 6.45) is 1.57. The lowest BCUT2D eigenvalue weighted by Crippen LogP contribution is -2.20. The molecule has 0 fully saturated rings. The van der Waals surface area contributed by atoms with E-state index in [2.05, 4.69) is 18.4 Å². The maximum Gasteiger partial charge on any atom is 0.138 e. The van der Waals surface area contributed by atoms with Crippen LogP contribution in [0.5, 0.6) is 0 Å². The third-order valence-corrected chi connectivity index (χ3v) is 3.47. The van der Waals surface area contributed by atoms with Gasteiger partial charge in [-0.15, -0.1) is 11.3 Å². The largest absolute Gasteiger partial charge is 0.299 e. The molecule has 0 saturated carbocycles. The SMILES string of the molecule is Cc1ccsc1CCC(=O)C(C)(C)C. The van der Waals surface area contributed by atoms with Gasteiger partial charge in [0.1, 0.15) is 5.78 Å². The molecule has 0 bridgehead atoms. The van der Waals surface area contributed by atoms with Crippen molar-refractivity contribution in [2.75, 3.05) is 0 Å². The second-order valence-electron chi connectivity index (χ2n) is 4.70. The second-order valence-corrected chi connectivity index (χ2v) is 5.70. The van der Waals surface area contributed by atoms with Crippen molar-refractivity contribution >= 4 is 17.1 Å². The summed E-state index contributed by atoms with van der Waals surface area (Å²) in [6, 6.07) is 2.11. The number of hydrogen-bond donors (Lipinski definition) is 0. The number of thiophene rings is 1. The van der Waals surface area contributed by atoms with Crippen LogP contribution in [0.1, 0.15) is 37.6 Å². The number of carbonyl (C=O) groups is 1. The van der Waals surface area contributed by atoms with Gasteiger partial charge in [0.25, 0.3) is 0 Å². The molecule has 0 aliphatic heterocycles. The molecule has 0 spiro atoms. The topological polar surface area (TPSA) is 17.1 Å². The highest BCUT2D eigenvalue weighted by molar-refractivity contribution is 7.10. The molecule has 0 N–H and O–H groups in total. The number of aryl methyl sites for hydroxylation is 2. The molecule has 1 heterocycles. The summed E-state index contributed by atoms with van der Waals surface area (Å²) in [5, 5.41) is 2.09. The van der Waals surface area contributed by atoms with Crippen molar-refractivity contribution in [3.05, 3.63) is 21.9 Å². The van der Waals surface area contributed by atoms with Gasteiger partial charge in [-0.3, -0.25) is 4.79 Å². The summed E-state index contributed by atoms with van der Waals surface area (Å²) < 4.78 is 0. The van der Waals surface area contributed by atoms with Gasteiger partial charge in [0.15, 0.2) is 0 Å². The van der Waals surface area contributed by atoms with E-state index in [0.29, 0.717) is 12.2 Å². The molecule has 0 aliphatic carbocycles.